The number of H-pyrrole nitrogens is 1. The number of benzene rings is 1. The van der Waals surface area contributed by atoms with Gasteiger partial charge in [0, 0.05) is 0 Å². The number of carbonyl (C=O) groups excluding carboxylic acids is 1. The molecule has 2 heterocycles. The minimum atomic E-state index is -0.325. The highest BCUT2D eigenvalue weighted by molar-refractivity contribution is 5.82. The number of carbonyl (C=O) groups is 1. The van der Waals surface area contributed by atoms with Gasteiger partial charge >= 0.3 is 0 Å². The number of halogens is 1. The van der Waals surface area contributed by atoms with E-state index in [0.29, 0.717) is 17.1 Å². The summed E-state index contributed by atoms with van der Waals surface area (Å²) in [6.45, 7) is 0. The maximum Gasteiger partial charge on any atom is 0.295 e. The average Bonchev–Trinajstić information content (AvgIpc) is 2.78. The fourth-order valence-corrected chi connectivity index (χ4v) is 2.05. The number of rotatable bonds is 2. The van der Waals surface area contributed by atoms with Crippen molar-refractivity contribution in [1.82, 2.24) is 4.98 Å². The number of fused-ring (bicyclic) bond motifs is 1. The van der Waals surface area contributed by atoms with Gasteiger partial charge in [-0.05, 0) is 24.3 Å². The number of imidazole rings is 1. The summed E-state index contributed by atoms with van der Waals surface area (Å²) in [4.78, 5) is 14.0. The summed E-state index contributed by atoms with van der Waals surface area (Å²) in [6.07, 6.45) is 2.53. The topological polar surface area (TPSA) is 37.0 Å². The van der Waals surface area contributed by atoms with Crippen molar-refractivity contribution in [2.75, 3.05) is 0 Å². The zero-order valence-electron chi connectivity index (χ0n) is 9.43. The smallest absolute Gasteiger partial charge is 0.294 e. The van der Waals surface area contributed by atoms with E-state index in [0.717, 1.165) is 11.8 Å². The number of hydrogen-bond acceptors (Lipinski definition) is 1. The lowest BCUT2D eigenvalue weighted by Crippen LogP contribution is -2.21. The number of aldehydes is 1. The fraction of sp³-hybridized carbons (Fsp3) is 0. The maximum atomic E-state index is 13.8. The molecule has 0 amide bonds. The fourth-order valence-electron chi connectivity index (χ4n) is 2.05. The lowest BCUT2D eigenvalue weighted by atomic mass is 10.2. The number of pyridine rings is 1. The molecule has 0 spiro atoms. The Bertz CT molecular complexity index is 733. The van der Waals surface area contributed by atoms with Crippen molar-refractivity contribution in [1.29, 1.82) is 0 Å². The molecule has 0 bridgehead atoms. The Kier molecular flexibility index (Phi) is 2.41. The first kappa shape index (κ1) is 10.7. The van der Waals surface area contributed by atoms with Gasteiger partial charge in [0.15, 0.2) is 11.8 Å². The highest BCUT2D eigenvalue weighted by atomic mass is 19.1. The molecule has 0 saturated heterocycles. The second-order valence-electron chi connectivity index (χ2n) is 3.94. The molecule has 3 rings (SSSR count). The number of nitrogens with one attached hydrogen (secondary N) is 1. The number of aromatic nitrogens is 2. The summed E-state index contributed by atoms with van der Waals surface area (Å²) < 4.78 is 15.6. The van der Waals surface area contributed by atoms with Gasteiger partial charge in [-0.2, -0.15) is 4.40 Å². The van der Waals surface area contributed by atoms with Gasteiger partial charge in [0.05, 0.1) is 6.20 Å². The van der Waals surface area contributed by atoms with Crippen LogP contribution in [0.2, 0.25) is 0 Å². The third-order valence-corrected chi connectivity index (χ3v) is 2.88. The molecule has 0 aliphatic carbocycles. The molecule has 4 heteroatoms. The SMILES string of the molecule is O=Cc1[nH]c(-c2ccccc2F)[n+]2ccccc12. The Hall–Kier alpha value is -2.49. The molecule has 2 aromatic heterocycles. The summed E-state index contributed by atoms with van der Waals surface area (Å²) in [5.41, 5.74) is 1.60. The zero-order chi connectivity index (χ0) is 12.5. The van der Waals surface area contributed by atoms with E-state index < -0.39 is 0 Å². The molecule has 0 aliphatic rings. The standard InChI is InChI=1S/C14H9FN2O/c15-11-6-2-1-5-10(11)14-16-12(9-18)13-7-3-4-8-17(13)14/h1-9H/p+1. The molecule has 0 fully saturated rings. The van der Waals surface area contributed by atoms with Crippen LogP contribution in [0, 0.1) is 5.82 Å². The molecule has 3 nitrogen and oxygen atoms in total. The zero-order valence-corrected chi connectivity index (χ0v) is 9.43. The second-order valence-corrected chi connectivity index (χ2v) is 3.94. The van der Waals surface area contributed by atoms with Crippen LogP contribution in [0.4, 0.5) is 4.39 Å². The van der Waals surface area contributed by atoms with Crippen LogP contribution in [0.5, 0.6) is 0 Å². The number of hydrogen-bond donors (Lipinski definition) is 1. The summed E-state index contributed by atoms with van der Waals surface area (Å²) in [5.74, 6) is 0.236. The highest BCUT2D eigenvalue weighted by Gasteiger charge is 2.21. The average molecular weight is 241 g/mol. The molecule has 0 aliphatic heterocycles. The van der Waals surface area contributed by atoms with Gasteiger partial charge in [0.25, 0.3) is 5.82 Å². The Morgan fingerprint density at radius 1 is 1.11 bits per heavy atom. The van der Waals surface area contributed by atoms with Crippen LogP contribution in [0.3, 0.4) is 0 Å². The molecular weight excluding hydrogens is 231 g/mol. The van der Waals surface area contributed by atoms with Gasteiger partial charge < -0.3 is 0 Å². The molecule has 1 N–H and O–H groups in total. The van der Waals surface area contributed by atoms with Crippen molar-refractivity contribution < 1.29 is 13.6 Å². The third kappa shape index (κ3) is 1.50. The predicted molar refractivity (Wildman–Crippen MR) is 64.7 cm³/mol. The Morgan fingerprint density at radius 2 is 1.89 bits per heavy atom. The van der Waals surface area contributed by atoms with Gasteiger partial charge in [0.2, 0.25) is 5.69 Å². The van der Waals surface area contributed by atoms with Crippen molar-refractivity contribution in [2.24, 2.45) is 0 Å². The van der Waals surface area contributed by atoms with Gasteiger partial charge in [-0.3, -0.25) is 4.79 Å². The molecule has 0 saturated carbocycles. The van der Waals surface area contributed by atoms with Crippen LogP contribution < -0.4 is 4.40 Å². The quantitative estimate of drug-likeness (QED) is 0.542. The van der Waals surface area contributed by atoms with Crippen LogP contribution in [-0.4, -0.2) is 11.3 Å². The molecule has 1 aromatic carbocycles. The Balaban J connectivity index is 2.37. The summed E-state index contributed by atoms with van der Waals surface area (Å²) in [6, 6.07) is 11.9. The van der Waals surface area contributed by atoms with Crippen molar-refractivity contribution in [3.05, 3.63) is 60.2 Å². The third-order valence-electron chi connectivity index (χ3n) is 2.88. The lowest BCUT2D eigenvalue weighted by molar-refractivity contribution is -0.498. The van der Waals surface area contributed by atoms with Gasteiger partial charge in [-0.25, -0.2) is 9.37 Å². The summed E-state index contributed by atoms with van der Waals surface area (Å²) in [7, 11) is 0. The van der Waals surface area contributed by atoms with E-state index in [2.05, 4.69) is 4.98 Å². The Morgan fingerprint density at radius 3 is 2.67 bits per heavy atom. The van der Waals surface area contributed by atoms with E-state index in [4.69, 9.17) is 0 Å². The number of aromatic amines is 1. The van der Waals surface area contributed by atoms with Gasteiger partial charge in [-0.1, -0.05) is 18.2 Å². The van der Waals surface area contributed by atoms with E-state index in [1.54, 1.807) is 28.8 Å². The van der Waals surface area contributed by atoms with Crippen LogP contribution in [0.15, 0.2) is 48.7 Å². The predicted octanol–water partition coefficient (Wildman–Crippen LogP) is 2.37. The van der Waals surface area contributed by atoms with E-state index in [9.17, 15) is 9.18 Å². The highest BCUT2D eigenvalue weighted by Crippen LogP contribution is 2.19. The Labute approximate surface area is 103 Å². The van der Waals surface area contributed by atoms with Crippen LogP contribution in [0.1, 0.15) is 10.5 Å². The van der Waals surface area contributed by atoms with Gasteiger partial charge in [0.1, 0.15) is 11.4 Å². The minimum absolute atomic E-state index is 0.325. The monoisotopic (exact) mass is 241 g/mol. The first-order chi connectivity index (χ1) is 8.81. The van der Waals surface area contributed by atoms with Crippen LogP contribution >= 0.6 is 0 Å². The molecule has 3 aromatic rings. The minimum Gasteiger partial charge on any atom is -0.294 e. The number of nitrogens with zero attached hydrogens (tertiary/aromatic N) is 1. The van der Waals surface area contributed by atoms with Crippen LogP contribution in [-0.2, 0) is 0 Å². The van der Waals surface area contributed by atoms with Crippen molar-refractivity contribution in [3.8, 4) is 11.4 Å². The van der Waals surface area contributed by atoms with Gasteiger partial charge in [-0.15, -0.1) is 0 Å². The summed E-state index contributed by atoms with van der Waals surface area (Å²) in [5, 5.41) is 0. The molecule has 0 unspecified atom stereocenters. The van der Waals surface area contributed by atoms with E-state index in [-0.39, 0.29) is 5.82 Å². The van der Waals surface area contributed by atoms with Crippen LogP contribution in [0.25, 0.3) is 16.9 Å². The first-order valence-corrected chi connectivity index (χ1v) is 5.53. The molecule has 0 radical (unpaired) electrons. The van der Waals surface area contributed by atoms with E-state index in [1.165, 1.54) is 6.07 Å². The van der Waals surface area contributed by atoms with E-state index >= 15 is 0 Å². The molecule has 88 valence electrons. The van der Waals surface area contributed by atoms with Crippen molar-refractivity contribution in [3.63, 3.8) is 0 Å². The normalized spacial score (nSPS) is 10.7. The maximum absolute atomic E-state index is 13.8. The molecular formula is C14H10FN2O+. The summed E-state index contributed by atoms with van der Waals surface area (Å²) >= 11 is 0. The first-order valence-electron chi connectivity index (χ1n) is 5.53. The second kappa shape index (κ2) is 4.07. The van der Waals surface area contributed by atoms with Crippen molar-refractivity contribution >= 4 is 11.8 Å². The largest absolute Gasteiger partial charge is 0.295 e. The lowest BCUT2D eigenvalue weighted by Gasteiger charge is -1.95. The molecule has 0 atom stereocenters. The van der Waals surface area contributed by atoms with E-state index in [1.807, 2.05) is 18.2 Å². The molecule has 18 heavy (non-hydrogen) atoms. The van der Waals surface area contributed by atoms with Crippen molar-refractivity contribution in [2.45, 2.75) is 0 Å².